The number of benzene rings is 1. The predicted octanol–water partition coefficient (Wildman–Crippen LogP) is 3.26. The molecule has 0 atom stereocenters. The molecule has 1 aromatic carbocycles. The smallest absolute Gasteiger partial charge is 0.263 e. The lowest BCUT2D eigenvalue weighted by Crippen LogP contribution is -1.93. The van der Waals surface area contributed by atoms with Crippen LogP contribution in [0.25, 0.3) is 11.1 Å². The first-order valence-corrected chi connectivity index (χ1v) is 6.30. The van der Waals surface area contributed by atoms with Crippen LogP contribution < -0.4 is 5.73 Å². The second-order valence-corrected chi connectivity index (χ2v) is 4.84. The summed E-state index contributed by atoms with van der Waals surface area (Å²) in [5, 5.41) is 1.28. The molecule has 0 aliphatic rings. The summed E-state index contributed by atoms with van der Waals surface area (Å²) in [6.07, 6.45) is 0. The second kappa shape index (κ2) is 4.34. The molecule has 0 fully saturated rings. The van der Waals surface area contributed by atoms with E-state index in [1.807, 2.05) is 43.3 Å². The van der Waals surface area contributed by atoms with Gasteiger partial charge in [0, 0.05) is 5.69 Å². The Kier molecular flexibility index (Phi) is 2.68. The fourth-order valence-electron chi connectivity index (χ4n) is 1.60. The maximum absolute atomic E-state index is 5.88. The Morgan fingerprint density at radius 2 is 1.94 bits per heavy atom. The van der Waals surface area contributed by atoms with Crippen molar-refractivity contribution in [3.05, 3.63) is 42.1 Å². The van der Waals surface area contributed by atoms with Crippen LogP contribution in [0.15, 0.2) is 51.1 Å². The Balaban J connectivity index is 1.98. The highest BCUT2D eigenvalue weighted by Crippen LogP contribution is 2.31. The number of pyridine rings is 1. The van der Waals surface area contributed by atoms with Crippen molar-refractivity contribution >= 4 is 28.5 Å². The molecule has 0 saturated carbocycles. The molecule has 2 N–H and O–H groups in total. The zero-order valence-electron chi connectivity index (χ0n) is 9.75. The second-order valence-electron chi connectivity index (χ2n) is 3.90. The molecule has 0 bridgehead atoms. The minimum Gasteiger partial charge on any atom is -0.431 e. The van der Waals surface area contributed by atoms with Gasteiger partial charge in [0.05, 0.1) is 5.69 Å². The number of oxazole rings is 1. The standard InChI is InChI=1S/C13H11N3OS/c1-8-6-7-9(14)12(15-8)18-13-16-10-4-2-3-5-11(10)17-13/h2-7H,14H2,1H3. The number of para-hydroxylation sites is 2. The molecule has 3 rings (SSSR count). The molecule has 0 unspecified atom stereocenters. The number of aromatic nitrogens is 2. The summed E-state index contributed by atoms with van der Waals surface area (Å²) in [5.74, 6) is 0. The van der Waals surface area contributed by atoms with Crippen LogP contribution in [-0.2, 0) is 0 Å². The first-order valence-electron chi connectivity index (χ1n) is 5.49. The molecule has 0 aliphatic carbocycles. The van der Waals surface area contributed by atoms with Crippen LogP contribution in [0.1, 0.15) is 5.69 Å². The summed E-state index contributed by atoms with van der Waals surface area (Å²) in [5.41, 5.74) is 9.04. The molecule has 3 aromatic rings. The number of hydrogen-bond acceptors (Lipinski definition) is 5. The third-order valence-electron chi connectivity index (χ3n) is 2.49. The van der Waals surface area contributed by atoms with Gasteiger partial charge in [-0.05, 0) is 43.0 Å². The minimum absolute atomic E-state index is 0.556. The normalized spacial score (nSPS) is 10.9. The van der Waals surface area contributed by atoms with Crippen molar-refractivity contribution in [1.82, 2.24) is 9.97 Å². The zero-order valence-corrected chi connectivity index (χ0v) is 10.6. The Labute approximate surface area is 108 Å². The third-order valence-corrected chi connectivity index (χ3v) is 3.36. The van der Waals surface area contributed by atoms with Gasteiger partial charge in [0.1, 0.15) is 10.5 Å². The number of rotatable bonds is 2. The lowest BCUT2D eigenvalue weighted by molar-refractivity contribution is 0.489. The van der Waals surface area contributed by atoms with E-state index in [1.54, 1.807) is 0 Å². The molecule has 2 heterocycles. The van der Waals surface area contributed by atoms with Crippen molar-refractivity contribution < 1.29 is 4.42 Å². The van der Waals surface area contributed by atoms with Gasteiger partial charge in [-0.15, -0.1) is 0 Å². The summed E-state index contributed by atoms with van der Waals surface area (Å²) >= 11 is 1.34. The van der Waals surface area contributed by atoms with E-state index in [0.717, 1.165) is 21.8 Å². The van der Waals surface area contributed by atoms with Gasteiger partial charge < -0.3 is 10.2 Å². The molecule has 4 nitrogen and oxygen atoms in total. The number of nitrogens with two attached hydrogens (primary N) is 1. The predicted molar refractivity (Wildman–Crippen MR) is 71.5 cm³/mol. The van der Waals surface area contributed by atoms with Crippen molar-refractivity contribution in [2.45, 2.75) is 17.2 Å². The number of anilines is 1. The van der Waals surface area contributed by atoms with Crippen molar-refractivity contribution in [3.8, 4) is 0 Å². The van der Waals surface area contributed by atoms with Crippen molar-refractivity contribution in [3.63, 3.8) is 0 Å². The Morgan fingerprint density at radius 3 is 2.78 bits per heavy atom. The lowest BCUT2D eigenvalue weighted by atomic mass is 10.3. The van der Waals surface area contributed by atoms with Crippen molar-refractivity contribution in [2.24, 2.45) is 0 Å². The van der Waals surface area contributed by atoms with Gasteiger partial charge >= 0.3 is 0 Å². The highest BCUT2D eigenvalue weighted by Gasteiger charge is 2.10. The molecule has 2 aromatic heterocycles. The van der Waals surface area contributed by atoms with E-state index < -0.39 is 0 Å². The molecule has 90 valence electrons. The molecule has 0 radical (unpaired) electrons. The third kappa shape index (κ3) is 2.04. The maximum atomic E-state index is 5.88. The average Bonchev–Trinajstić information content (AvgIpc) is 2.76. The largest absolute Gasteiger partial charge is 0.431 e. The fourth-order valence-corrected chi connectivity index (χ4v) is 2.42. The SMILES string of the molecule is Cc1ccc(N)c(Sc2nc3ccccc3o2)n1. The van der Waals surface area contributed by atoms with Gasteiger partial charge in [0.15, 0.2) is 5.58 Å². The van der Waals surface area contributed by atoms with E-state index in [4.69, 9.17) is 10.2 Å². The van der Waals surface area contributed by atoms with Crippen LogP contribution in [0.4, 0.5) is 5.69 Å². The van der Waals surface area contributed by atoms with E-state index in [1.165, 1.54) is 11.8 Å². The average molecular weight is 257 g/mol. The van der Waals surface area contributed by atoms with Crippen LogP contribution in [0.2, 0.25) is 0 Å². The van der Waals surface area contributed by atoms with Crippen LogP contribution in [-0.4, -0.2) is 9.97 Å². The summed E-state index contributed by atoms with van der Waals surface area (Å²) in [6.45, 7) is 1.93. The number of nitrogens with zero attached hydrogens (tertiary/aromatic N) is 2. The number of hydrogen-bond donors (Lipinski definition) is 1. The number of fused-ring (bicyclic) bond motifs is 1. The molecule has 0 aliphatic heterocycles. The monoisotopic (exact) mass is 257 g/mol. The highest BCUT2D eigenvalue weighted by molar-refractivity contribution is 7.99. The summed E-state index contributed by atoms with van der Waals surface area (Å²) < 4.78 is 5.62. The molecule has 5 heteroatoms. The number of nitrogen functional groups attached to an aromatic ring is 1. The summed E-state index contributed by atoms with van der Waals surface area (Å²) in [4.78, 5) is 8.76. The Morgan fingerprint density at radius 1 is 1.11 bits per heavy atom. The van der Waals surface area contributed by atoms with Gasteiger partial charge in [0.25, 0.3) is 5.22 Å². The van der Waals surface area contributed by atoms with Crippen molar-refractivity contribution in [2.75, 3.05) is 5.73 Å². The highest BCUT2D eigenvalue weighted by atomic mass is 32.2. The van der Waals surface area contributed by atoms with E-state index >= 15 is 0 Å². The topological polar surface area (TPSA) is 64.9 Å². The van der Waals surface area contributed by atoms with Crippen molar-refractivity contribution in [1.29, 1.82) is 0 Å². The minimum atomic E-state index is 0.556. The van der Waals surface area contributed by atoms with E-state index in [-0.39, 0.29) is 0 Å². The van der Waals surface area contributed by atoms with Crippen LogP contribution in [0, 0.1) is 6.92 Å². The van der Waals surface area contributed by atoms with E-state index in [2.05, 4.69) is 9.97 Å². The van der Waals surface area contributed by atoms with E-state index in [9.17, 15) is 0 Å². The molecule has 0 saturated heterocycles. The Hall–Kier alpha value is -2.01. The van der Waals surface area contributed by atoms with Gasteiger partial charge in [-0.1, -0.05) is 12.1 Å². The molecular formula is C13H11N3OS. The quantitative estimate of drug-likeness (QED) is 0.763. The summed E-state index contributed by atoms with van der Waals surface area (Å²) in [6, 6.07) is 11.4. The summed E-state index contributed by atoms with van der Waals surface area (Å²) in [7, 11) is 0. The number of aryl methyl sites for hydroxylation is 1. The molecular weight excluding hydrogens is 246 g/mol. The van der Waals surface area contributed by atoms with Gasteiger partial charge in [0.2, 0.25) is 0 Å². The van der Waals surface area contributed by atoms with E-state index in [0.29, 0.717) is 10.9 Å². The lowest BCUT2D eigenvalue weighted by Gasteiger charge is -2.01. The molecule has 18 heavy (non-hydrogen) atoms. The zero-order chi connectivity index (χ0) is 12.5. The first-order chi connectivity index (χ1) is 8.72. The van der Waals surface area contributed by atoms with Crippen LogP contribution >= 0.6 is 11.8 Å². The van der Waals surface area contributed by atoms with Gasteiger partial charge in [-0.25, -0.2) is 9.97 Å². The first kappa shape index (κ1) is 11.1. The van der Waals surface area contributed by atoms with Crippen LogP contribution in [0.5, 0.6) is 0 Å². The Bertz CT molecular complexity index is 675. The van der Waals surface area contributed by atoms with Gasteiger partial charge in [-0.3, -0.25) is 0 Å². The maximum Gasteiger partial charge on any atom is 0.263 e. The van der Waals surface area contributed by atoms with Crippen LogP contribution in [0.3, 0.4) is 0 Å². The molecule has 0 spiro atoms. The van der Waals surface area contributed by atoms with Gasteiger partial charge in [-0.2, -0.15) is 0 Å². The molecule has 0 amide bonds. The fraction of sp³-hybridized carbons (Fsp3) is 0.0769.